The highest BCUT2D eigenvalue weighted by Gasteiger charge is 2.53. The molecule has 1 amide bonds. The predicted molar refractivity (Wildman–Crippen MR) is 77.4 cm³/mol. The summed E-state index contributed by atoms with van der Waals surface area (Å²) in [4.78, 5) is 30.8. The summed E-state index contributed by atoms with van der Waals surface area (Å²) >= 11 is 3.16. The first-order valence-electron chi connectivity index (χ1n) is 6.53. The molecule has 0 radical (unpaired) electrons. The average Bonchev–Trinajstić information content (AvgIpc) is 3.04. The van der Waals surface area contributed by atoms with E-state index in [1.165, 1.54) is 11.3 Å². The number of carbonyl (C=O) groups is 2. The van der Waals surface area contributed by atoms with Gasteiger partial charge >= 0.3 is 5.97 Å². The smallest absolute Gasteiger partial charge is 0.330 e. The van der Waals surface area contributed by atoms with Gasteiger partial charge in [-0.1, -0.05) is 0 Å². The molecular weight excluding hydrogens is 296 g/mol. The van der Waals surface area contributed by atoms with Crippen LogP contribution in [0.2, 0.25) is 0 Å². The van der Waals surface area contributed by atoms with Gasteiger partial charge in [0.15, 0.2) is 0 Å². The molecule has 5 nitrogen and oxygen atoms in total. The second-order valence-corrected chi connectivity index (χ2v) is 7.68. The number of fused-ring (bicyclic) bond motifs is 1. The second-order valence-electron chi connectivity index (χ2n) is 5.23. The van der Waals surface area contributed by atoms with Crippen LogP contribution in [0, 0.1) is 6.92 Å². The van der Waals surface area contributed by atoms with Crippen molar-refractivity contribution in [1.82, 2.24) is 9.88 Å². The Morgan fingerprint density at radius 3 is 3.15 bits per heavy atom. The van der Waals surface area contributed by atoms with Crippen LogP contribution in [0.5, 0.6) is 0 Å². The van der Waals surface area contributed by atoms with Gasteiger partial charge < -0.3 is 9.64 Å². The molecule has 7 heteroatoms. The molecule has 2 aliphatic heterocycles. The highest BCUT2D eigenvalue weighted by Crippen LogP contribution is 2.47. The van der Waals surface area contributed by atoms with E-state index in [1.807, 2.05) is 13.8 Å². The van der Waals surface area contributed by atoms with Crippen molar-refractivity contribution in [2.45, 2.75) is 44.2 Å². The van der Waals surface area contributed by atoms with E-state index in [2.05, 4.69) is 4.98 Å². The fraction of sp³-hybridized carbons (Fsp3) is 0.615. The number of nitrogens with zero attached hydrogens (tertiary/aromatic N) is 2. The zero-order chi connectivity index (χ0) is 14.3. The molecule has 0 aliphatic carbocycles. The van der Waals surface area contributed by atoms with Gasteiger partial charge in [-0.05, 0) is 20.3 Å². The van der Waals surface area contributed by atoms with Gasteiger partial charge in [0.1, 0.15) is 12.6 Å². The number of hydrogen-bond acceptors (Lipinski definition) is 6. The van der Waals surface area contributed by atoms with Crippen molar-refractivity contribution in [3.8, 4) is 0 Å². The summed E-state index contributed by atoms with van der Waals surface area (Å²) in [6.07, 6.45) is 1.34. The van der Waals surface area contributed by atoms with Crippen molar-refractivity contribution in [2.24, 2.45) is 0 Å². The van der Waals surface area contributed by atoms with E-state index in [9.17, 15) is 9.59 Å². The summed E-state index contributed by atoms with van der Waals surface area (Å²) in [5.41, 5.74) is 2.64. The van der Waals surface area contributed by atoms with Gasteiger partial charge in [-0.2, -0.15) is 0 Å². The Hall–Kier alpha value is -1.08. The molecule has 0 bridgehead atoms. The molecule has 0 aromatic carbocycles. The minimum atomic E-state index is -0.437. The standard InChI is InChI=1S/C13H16N2O3S2/c1-8-10(19-7-14-8)5-18-12(17)9-6-20-13(2)4-3-11(16)15(9)13/h7,9H,3-6H2,1-2H3. The van der Waals surface area contributed by atoms with Crippen molar-refractivity contribution in [3.63, 3.8) is 0 Å². The number of thioether (sulfide) groups is 1. The summed E-state index contributed by atoms with van der Waals surface area (Å²) in [5, 5.41) is 0. The maximum absolute atomic E-state index is 12.2. The highest BCUT2D eigenvalue weighted by molar-refractivity contribution is 8.01. The number of esters is 1. The predicted octanol–water partition coefficient (Wildman–Crippen LogP) is 1.95. The lowest BCUT2D eigenvalue weighted by Gasteiger charge is -2.29. The van der Waals surface area contributed by atoms with Crippen LogP contribution in [-0.2, 0) is 20.9 Å². The van der Waals surface area contributed by atoms with Crippen LogP contribution in [0.1, 0.15) is 30.3 Å². The van der Waals surface area contributed by atoms with Crippen molar-refractivity contribution >= 4 is 35.0 Å². The molecule has 0 saturated carbocycles. The van der Waals surface area contributed by atoms with Gasteiger partial charge in [0.05, 0.1) is 21.0 Å². The van der Waals surface area contributed by atoms with Gasteiger partial charge in [-0.15, -0.1) is 23.1 Å². The third kappa shape index (κ3) is 2.22. The number of hydrogen-bond donors (Lipinski definition) is 0. The average molecular weight is 312 g/mol. The summed E-state index contributed by atoms with van der Waals surface area (Å²) in [7, 11) is 0. The number of ether oxygens (including phenoxy) is 1. The molecule has 108 valence electrons. The third-order valence-corrected chi connectivity index (χ3v) is 6.32. The Morgan fingerprint density at radius 2 is 2.45 bits per heavy atom. The molecule has 2 saturated heterocycles. The van der Waals surface area contributed by atoms with Gasteiger partial charge in [0.25, 0.3) is 0 Å². The minimum Gasteiger partial charge on any atom is -0.458 e. The van der Waals surface area contributed by atoms with Crippen LogP contribution in [0.15, 0.2) is 5.51 Å². The first-order valence-corrected chi connectivity index (χ1v) is 8.39. The van der Waals surface area contributed by atoms with Crippen LogP contribution in [-0.4, -0.2) is 38.4 Å². The van der Waals surface area contributed by atoms with Crippen LogP contribution in [0.3, 0.4) is 0 Å². The fourth-order valence-corrected chi connectivity index (χ4v) is 4.80. The molecule has 2 unspecified atom stereocenters. The Balaban J connectivity index is 1.66. The molecule has 0 spiro atoms. The van der Waals surface area contributed by atoms with Gasteiger partial charge in [-0.3, -0.25) is 4.79 Å². The quantitative estimate of drug-likeness (QED) is 0.798. The summed E-state index contributed by atoms with van der Waals surface area (Å²) in [6, 6.07) is -0.437. The number of thiazole rings is 1. The first-order chi connectivity index (χ1) is 9.51. The van der Waals surface area contributed by atoms with E-state index in [1.54, 1.807) is 22.2 Å². The molecule has 1 aromatic heterocycles. The SMILES string of the molecule is Cc1ncsc1COC(=O)C1CSC2(C)CCC(=O)N12. The largest absolute Gasteiger partial charge is 0.458 e. The zero-order valence-corrected chi connectivity index (χ0v) is 13.1. The van der Waals surface area contributed by atoms with Crippen molar-refractivity contribution in [3.05, 3.63) is 16.1 Å². The number of amides is 1. The topological polar surface area (TPSA) is 59.5 Å². The molecule has 1 aromatic rings. The van der Waals surface area contributed by atoms with E-state index in [-0.39, 0.29) is 23.4 Å². The monoisotopic (exact) mass is 312 g/mol. The summed E-state index contributed by atoms with van der Waals surface area (Å²) < 4.78 is 5.38. The summed E-state index contributed by atoms with van der Waals surface area (Å²) in [6.45, 7) is 4.17. The maximum Gasteiger partial charge on any atom is 0.330 e. The van der Waals surface area contributed by atoms with Gasteiger partial charge in [0, 0.05) is 12.2 Å². The van der Waals surface area contributed by atoms with E-state index >= 15 is 0 Å². The lowest BCUT2D eigenvalue weighted by molar-refractivity contribution is -0.154. The fourth-order valence-electron chi connectivity index (χ4n) is 2.69. The van der Waals surface area contributed by atoms with Crippen LogP contribution in [0.4, 0.5) is 0 Å². The number of carbonyl (C=O) groups excluding carboxylic acids is 2. The number of aromatic nitrogens is 1. The molecule has 0 N–H and O–H groups in total. The normalized spacial score (nSPS) is 28.8. The highest BCUT2D eigenvalue weighted by atomic mass is 32.2. The molecule has 2 aliphatic rings. The zero-order valence-electron chi connectivity index (χ0n) is 11.4. The Bertz CT molecular complexity index is 560. The van der Waals surface area contributed by atoms with Crippen LogP contribution in [0.25, 0.3) is 0 Å². The molecule has 3 rings (SSSR count). The lowest BCUT2D eigenvalue weighted by Crippen LogP contribution is -2.46. The van der Waals surface area contributed by atoms with Gasteiger partial charge in [-0.25, -0.2) is 9.78 Å². The molecule has 2 fully saturated rings. The Kier molecular flexibility index (Phi) is 3.50. The van der Waals surface area contributed by atoms with E-state index in [0.717, 1.165) is 17.0 Å². The molecule has 2 atom stereocenters. The van der Waals surface area contributed by atoms with E-state index in [0.29, 0.717) is 12.2 Å². The van der Waals surface area contributed by atoms with E-state index in [4.69, 9.17) is 4.74 Å². The first kappa shape index (κ1) is 13.9. The van der Waals surface area contributed by atoms with Crippen molar-refractivity contribution in [1.29, 1.82) is 0 Å². The number of aryl methyl sites for hydroxylation is 1. The minimum absolute atomic E-state index is 0.0634. The van der Waals surface area contributed by atoms with Crippen LogP contribution < -0.4 is 0 Å². The third-order valence-electron chi connectivity index (χ3n) is 3.91. The van der Waals surface area contributed by atoms with Gasteiger partial charge in [0.2, 0.25) is 5.91 Å². The Labute approximate surface area is 125 Å². The number of rotatable bonds is 3. The maximum atomic E-state index is 12.2. The van der Waals surface area contributed by atoms with E-state index < -0.39 is 6.04 Å². The second kappa shape index (κ2) is 5.04. The summed E-state index contributed by atoms with van der Waals surface area (Å²) in [5.74, 6) is 0.389. The lowest BCUT2D eigenvalue weighted by atomic mass is 10.2. The Morgan fingerprint density at radius 1 is 1.65 bits per heavy atom. The molecular formula is C13H16N2O3S2. The van der Waals surface area contributed by atoms with Crippen LogP contribution >= 0.6 is 23.1 Å². The molecule has 3 heterocycles. The van der Waals surface area contributed by atoms with Crippen molar-refractivity contribution < 1.29 is 14.3 Å². The molecule has 20 heavy (non-hydrogen) atoms. The van der Waals surface area contributed by atoms with Crippen molar-refractivity contribution in [2.75, 3.05) is 5.75 Å².